The van der Waals surface area contributed by atoms with Crippen LogP contribution in [0.3, 0.4) is 0 Å². The third-order valence-corrected chi connectivity index (χ3v) is 3.30. The van der Waals surface area contributed by atoms with Crippen LogP contribution < -0.4 is 0 Å². The molecular formula is C11H15ClN2O2. The van der Waals surface area contributed by atoms with E-state index in [4.69, 9.17) is 11.6 Å². The van der Waals surface area contributed by atoms with E-state index < -0.39 is 12.0 Å². The molecule has 0 saturated carbocycles. The molecule has 1 aliphatic rings. The van der Waals surface area contributed by atoms with Crippen molar-refractivity contribution in [3.63, 3.8) is 0 Å². The molecule has 88 valence electrons. The summed E-state index contributed by atoms with van der Waals surface area (Å²) in [4.78, 5) is 15.5. The fourth-order valence-corrected chi connectivity index (χ4v) is 2.59. The topological polar surface area (TPSA) is 55.1 Å². The van der Waals surface area contributed by atoms with E-state index in [-0.39, 0.29) is 0 Å². The van der Waals surface area contributed by atoms with Gasteiger partial charge >= 0.3 is 5.97 Å². The van der Waals surface area contributed by atoms with Crippen molar-refractivity contribution in [3.8, 4) is 0 Å². The Morgan fingerprint density at radius 2 is 2.44 bits per heavy atom. The van der Waals surface area contributed by atoms with Crippen molar-refractivity contribution >= 4 is 17.6 Å². The Hall–Kier alpha value is -1.03. The van der Waals surface area contributed by atoms with E-state index in [0.29, 0.717) is 11.6 Å². The molecule has 1 atom stereocenters. The highest BCUT2D eigenvalue weighted by atomic mass is 35.5. The summed E-state index contributed by atoms with van der Waals surface area (Å²) in [5.74, 6) is 0.0296. The molecule has 1 aromatic heterocycles. The first kappa shape index (κ1) is 11.5. The summed E-state index contributed by atoms with van der Waals surface area (Å²) in [6, 6.07) is -0.481. The first-order chi connectivity index (χ1) is 7.65. The lowest BCUT2D eigenvalue weighted by Crippen LogP contribution is -2.26. The first-order valence-corrected chi connectivity index (χ1v) is 6.01. The number of aryl methyl sites for hydroxylation is 1. The van der Waals surface area contributed by atoms with Crippen LogP contribution in [0, 0.1) is 0 Å². The highest BCUT2D eigenvalue weighted by Crippen LogP contribution is 2.31. The van der Waals surface area contributed by atoms with Gasteiger partial charge in [0.15, 0.2) is 5.15 Å². The van der Waals surface area contributed by atoms with E-state index in [1.54, 1.807) is 0 Å². The monoisotopic (exact) mass is 242 g/mol. The molecule has 1 aromatic rings. The van der Waals surface area contributed by atoms with Crippen LogP contribution in [0.2, 0.25) is 5.15 Å². The summed E-state index contributed by atoms with van der Waals surface area (Å²) in [7, 11) is 0. The van der Waals surface area contributed by atoms with Gasteiger partial charge in [-0.1, -0.05) is 18.5 Å². The summed E-state index contributed by atoms with van der Waals surface area (Å²) in [5.41, 5.74) is 0.892. The summed E-state index contributed by atoms with van der Waals surface area (Å²) in [6.07, 6.45) is 4.10. The van der Waals surface area contributed by atoms with E-state index >= 15 is 0 Å². The van der Waals surface area contributed by atoms with Crippen molar-refractivity contribution in [2.75, 3.05) is 0 Å². The van der Waals surface area contributed by atoms with Gasteiger partial charge in [0.2, 0.25) is 0 Å². The van der Waals surface area contributed by atoms with E-state index in [2.05, 4.69) is 4.98 Å². The first-order valence-electron chi connectivity index (χ1n) is 5.63. The van der Waals surface area contributed by atoms with Gasteiger partial charge in [0.05, 0.1) is 5.69 Å². The average molecular weight is 243 g/mol. The molecule has 0 amide bonds. The zero-order valence-corrected chi connectivity index (χ0v) is 10.00. The highest BCUT2D eigenvalue weighted by molar-refractivity contribution is 6.30. The molecule has 4 nitrogen and oxygen atoms in total. The summed E-state index contributed by atoms with van der Waals surface area (Å²) in [5, 5.41) is 9.68. The van der Waals surface area contributed by atoms with Crippen molar-refractivity contribution in [1.82, 2.24) is 9.55 Å². The SMILES string of the molecule is CCCc1nc(Cl)c2n1C(C(=O)O)CCC2. The fraction of sp³-hybridized carbons (Fsp3) is 0.636. The number of rotatable bonds is 3. The number of carbonyl (C=O) groups is 1. The van der Waals surface area contributed by atoms with Crippen LogP contribution in [0.1, 0.15) is 43.7 Å². The molecular weight excluding hydrogens is 228 g/mol. The Balaban J connectivity index is 2.47. The number of aromatic nitrogens is 2. The third kappa shape index (κ3) is 1.82. The van der Waals surface area contributed by atoms with Crippen molar-refractivity contribution in [2.24, 2.45) is 0 Å². The molecule has 0 aliphatic carbocycles. The van der Waals surface area contributed by atoms with Crippen LogP contribution in [0.4, 0.5) is 0 Å². The van der Waals surface area contributed by atoms with Gasteiger partial charge in [0.1, 0.15) is 11.9 Å². The molecule has 0 aromatic carbocycles. The van der Waals surface area contributed by atoms with Gasteiger partial charge in [0.25, 0.3) is 0 Å². The number of hydrogen-bond donors (Lipinski definition) is 1. The minimum absolute atomic E-state index is 0.481. The number of aliphatic carboxylic acids is 1. The molecule has 2 rings (SSSR count). The number of nitrogens with zero attached hydrogens (tertiary/aromatic N) is 2. The fourth-order valence-electron chi connectivity index (χ4n) is 2.30. The van der Waals surface area contributed by atoms with Crippen LogP contribution in [-0.2, 0) is 17.6 Å². The molecule has 2 heterocycles. The molecule has 0 bridgehead atoms. The van der Waals surface area contributed by atoms with Crippen molar-refractivity contribution in [2.45, 2.75) is 45.1 Å². The zero-order chi connectivity index (χ0) is 11.7. The van der Waals surface area contributed by atoms with Crippen LogP contribution >= 0.6 is 11.6 Å². The van der Waals surface area contributed by atoms with E-state index in [9.17, 15) is 9.90 Å². The second kappa shape index (κ2) is 4.45. The Morgan fingerprint density at radius 1 is 1.69 bits per heavy atom. The van der Waals surface area contributed by atoms with Gasteiger partial charge in [-0.15, -0.1) is 0 Å². The number of carboxylic acid groups (broad SMARTS) is 1. The van der Waals surface area contributed by atoms with Crippen molar-refractivity contribution < 1.29 is 9.90 Å². The maximum Gasteiger partial charge on any atom is 0.326 e. The molecule has 1 unspecified atom stereocenters. The quantitative estimate of drug-likeness (QED) is 0.886. The minimum atomic E-state index is -0.785. The predicted molar refractivity (Wildman–Crippen MR) is 60.8 cm³/mol. The summed E-state index contributed by atoms with van der Waals surface area (Å²) in [6.45, 7) is 2.05. The molecule has 0 spiro atoms. The number of carboxylic acids is 1. The second-order valence-corrected chi connectivity index (χ2v) is 4.49. The Bertz CT molecular complexity index is 414. The average Bonchev–Trinajstić information content (AvgIpc) is 2.57. The lowest BCUT2D eigenvalue weighted by Gasteiger charge is -2.24. The highest BCUT2D eigenvalue weighted by Gasteiger charge is 2.30. The Morgan fingerprint density at radius 3 is 3.06 bits per heavy atom. The van der Waals surface area contributed by atoms with Crippen molar-refractivity contribution in [1.29, 1.82) is 0 Å². The lowest BCUT2D eigenvalue weighted by molar-refractivity contribution is -0.141. The number of hydrogen-bond acceptors (Lipinski definition) is 2. The standard InChI is InChI=1S/C11H15ClN2O2/c1-2-4-9-13-10(12)7-5-3-6-8(11(15)16)14(7)9/h8H,2-6H2,1H3,(H,15,16). The van der Waals surface area contributed by atoms with Crippen molar-refractivity contribution in [3.05, 3.63) is 16.7 Å². The number of fused-ring (bicyclic) bond motifs is 1. The van der Waals surface area contributed by atoms with E-state index in [0.717, 1.165) is 37.2 Å². The molecule has 1 aliphatic heterocycles. The largest absolute Gasteiger partial charge is 0.480 e. The maximum atomic E-state index is 11.2. The summed E-state index contributed by atoms with van der Waals surface area (Å²) >= 11 is 6.04. The molecule has 0 saturated heterocycles. The smallest absolute Gasteiger partial charge is 0.326 e. The van der Waals surface area contributed by atoms with Gasteiger partial charge in [-0.3, -0.25) is 0 Å². The zero-order valence-electron chi connectivity index (χ0n) is 9.24. The van der Waals surface area contributed by atoms with Gasteiger partial charge in [-0.05, 0) is 25.7 Å². The Labute approximate surface area is 99.2 Å². The van der Waals surface area contributed by atoms with Gasteiger partial charge < -0.3 is 9.67 Å². The lowest BCUT2D eigenvalue weighted by atomic mass is 10.0. The number of imidazole rings is 1. The molecule has 0 fully saturated rings. The van der Waals surface area contributed by atoms with Crippen LogP contribution in [0.25, 0.3) is 0 Å². The molecule has 1 N–H and O–H groups in total. The summed E-state index contributed by atoms with van der Waals surface area (Å²) < 4.78 is 1.83. The van der Waals surface area contributed by atoms with Crippen LogP contribution in [0.5, 0.6) is 0 Å². The Kier molecular flexibility index (Phi) is 3.19. The predicted octanol–water partition coefficient (Wildman–Crippen LogP) is 2.45. The van der Waals surface area contributed by atoms with E-state index in [1.807, 2.05) is 11.5 Å². The minimum Gasteiger partial charge on any atom is -0.480 e. The van der Waals surface area contributed by atoms with Crippen LogP contribution in [-0.4, -0.2) is 20.6 Å². The van der Waals surface area contributed by atoms with E-state index in [1.165, 1.54) is 0 Å². The second-order valence-electron chi connectivity index (χ2n) is 4.13. The normalized spacial score (nSPS) is 19.5. The van der Waals surface area contributed by atoms with Gasteiger partial charge in [0, 0.05) is 6.42 Å². The molecule has 16 heavy (non-hydrogen) atoms. The molecule has 5 heteroatoms. The van der Waals surface area contributed by atoms with Crippen LogP contribution in [0.15, 0.2) is 0 Å². The number of halogens is 1. The molecule has 0 radical (unpaired) electrons. The van der Waals surface area contributed by atoms with Gasteiger partial charge in [-0.2, -0.15) is 0 Å². The maximum absolute atomic E-state index is 11.2. The van der Waals surface area contributed by atoms with Gasteiger partial charge in [-0.25, -0.2) is 9.78 Å². The third-order valence-electron chi connectivity index (χ3n) is 3.00.